The van der Waals surface area contributed by atoms with Gasteiger partial charge in [-0.3, -0.25) is 4.79 Å². The highest BCUT2D eigenvalue weighted by Crippen LogP contribution is 2.20. The number of carbonyl (C=O) groups excluding carboxylic acids is 1. The van der Waals surface area contributed by atoms with Gasteiger partial charge in [0.2, 0.25) is 0 Å². The molecule has 3 rings (SSSR count). The van der Waals surface area contributed by atoms with Crippen molar-refractivity contribution in [1.29, 1.82) is 0 Å². The van der Waals surface area contributed by atoms with E-state index < -0.39 is 29.0 Å². The van der Waals surface area contributed by atoms with Crippen LogP contribution in [0.1, 0.15) is 15.9 Å². The number of rotatable bonds is 5. The molecule has 3 aromatic rings. The van der Waals surface area contributed by atoms with Gasteiger partial charge in [-0.25, -0.2) is 18.2 Å². The molecule has 0 atom stereocenters. The zero-order chi connectivity index (χ0) is 19.4. The molecule has 0 bridgehead atoms. The van der Waals surface area contributed by atoms with Gasteiger partial charge in [0.05, 0.1) is 11.3 Å². The molecule has 0 aliphatic heterocycles. The molecule has 0 fully saturated rings. The first-order valence-corrected chi connectivity index (χ1v) is 8.11. The van der Waals surface area contributed by atoms with Crippen molar-refractivity contribution in [3.63, 3.8) is 0 Å². The number of hydrogen-bond acceptors (Lipinski definition) is 3. The third-order valence-electron chi connectivity index (χ3n) is 3.95. The van der Waals surface area contributed by atoms with Crippen LogP contribution in [0.3, 0.4) is 0 Å². The Morgan fingerprint density at radius 2 is 1.74 bits per heavy atom. The quantitative estimate of drug-likeness (QED) is 0.677. The van der Waals surface area contributed by atoms with Gasteiger partial charge in [-0.2, -0.15) is 0 Å². The van der Waals surface area contributed by atoms with Crippen LogP contribution >= 0.6 is 0 Å². The number of nitrogens with one attached hydrogen (secondary N) is 1. The smallest absolute Gasteiger partial charge is 0.257 e. The number of hydrogen-bond donors (Lipinski definition) is 1. The van der Waals surface area contributed by atoms with Crippen molar-refractivity contribution in [2.24, 2.45) is 0 Å². The lowest BCUT2D eigenvalue weighted by atomic mass is 10.2. The van der Waals surface area contributed by atoms with Gasteiger partial charge in [-0.1, -0.05) is 30.3 Å². The molecule has 0 unspecified atom stereocenters. The second-order valence-electron chi connectivity index (χ2n) is 5.92. The summed E-state index contributed by atoms with van der Waals surface area (Å²) in [5.41, 5.74) is 0.831. The molecule has 1 amide bonds. The molecule has 0 aliphatic rings. The maximum atomic E-state index is 13.7. The number of anilines is 2. The van der Waals surface area contributed by atoms with Gasteiger partial charge in [0.15, 0.2) is 17.5 Å². The predicted molar refractivity (Wildman–Crippen MR) is 97.1 cm³/mol. The second-order valence-corrected chi connectivity index (χ2v) is 5.92. The number of benzene rings is 2. The second kappa shape index (κ2) is 7.90. The van der Waals surface area contributed by atoms with E-state index in [0.717, 1.165) is 17.7 Å². The molecule has 0 saturated heterocycles. The minimum absolute atomic E-state index is 0.163. The van der Waals surface area contributed by atoms with Crippen molar-refractivity contribution in [2.45, 2.75) is 6.54 Å². The fourth-order valence-electron chi connectivity index (χ4n) is 2.50. The third kappa shape index (κ3) is 4.25. The molecule has 0 radical (unpaired) electrons. The first kappa shape index (κ1) is 18.4. The summed E-state index contributed by atoms with van der Waals surface area (Å²) in [6.45, 7) is 0.638. The molecule has 0 aliphatic carbocycles. The molecular weight excluding hydrogens is 355 g/mol. The molecule has 1 N–H and O–H groups in total. The van der Waals surface area contributed by atoms with E-state index in [-0.39, 0.29) is 5.56 Å². The molecule has 0 saturated carbocycles. The molecule has 2 aromatic carbocycles. The molecule has 4 nitrogen and oxygen atoms in total. The number of halogens is 3. The zero-order valence-corrected chi connectivity index (χ0v) is 14.4. The minimum Gasteiger partial charge on any atom is -0.355 e. The van der Waals surface area contributed by atoms with Crippen LogP contribution in [0.25, 0.3) is 0 Å². The van der Waals surface area contributed by atoms with E-state index in [1.54, 1.807) is 6.07 Å². The molecule has 0 spiro atoms. The van der Waals surface area contributed by atoms with Crippen LogP contribution in [0.5, 0.6) is 0 Å². The number of carbonyl (C=O) groups is 1. The summed E-state index contributed by atoms with van der Waals surface area (Å²) in [6.07, 6.45) is 1.34. The van der Waals surface area contributed by atoms with E-state index in [4.69, 9.17) is 0 Å². The van der Waals surface area contributed by atoms with Crippen LogP contribution in [0, 0.1) is 17.5 Å². The highest BCUT2D eigenvalue weighted by atomic mass is 19.2. The summed E-state index contributed by atoms with van der Waals surface area (Å²) in [4.78, 5) is 18.3. The van der Waals surface area contributed by atoms with Crippen molar-refractivity contribution in [1.82, 2.24) is 4.98 Å². The van der Waals surface area contributed by atoms with Crippen LogP contribution in [0.4, 0.5) is 24.7 Å². The van der Waals surface area contributed by atoms with Crippen molar-refractivity contribution < 1.29 is 18.0 Å². The van der Waals surface area contributed by atoms with E-state index in [1.807, 2.05) is 42.3 Å². The van der Waals surface area contributed by atoms with Crippen molar-refractivity contribution in [2.75, 3.05) is 17.3 Å². The van der Waals surface area contributed by atoms with Gasteiger partial charge < -0.3 is 10.2 Å². The van der Waals surface area contributed by atoms with Gasteiger partial charge in [-0.15, -0.1) is 0 Å². The van der Waals surface area contributed by atoms with Crippen LogP contribution < -0.4 is 10.2 Å². The van der Waals surface area contributed by atoms with Crippen LogP contribution in [-0.2, 0) is 6.54 Å². The van der Waals surface area contributed by atoms with E-state index in [0.29, 0.717) is 12.4 Å². The molecule has 138 valence electrons. The normalized spacial score (nSPS) is 10.5. The van der Waals surface area contributed by atoms with Crippen molar-refractivity contribution in [3.8, 4) is 0 Å². The lowest BCUT2D eigenvalue weighted by Gasteiger charge is -2.18. The summed E-state index contributed by atoms with van der Waals surface area (Å²) >= 11 is 0. The molecular formula is C20H16F3N3O. The van der Waals surface area contributed by atoms with Crippen molar-refractivity contribution >= 4 is 17.4 Å². The lowest BCUT2D eigenvalue weighted by molar-refractivity contribution is 0.102. The molecule has 7 heteroatoms. The number of pyridine rings is 1. The summed E-state index contributed by atoms with van der Waals surface area (Å²) in [5, 5.41) is 2.21. The molecule has 27 heavy (non-hydrogen) atoms. The average Bonchev–Trinajstić information content (AvgIpc) is 2.69. The average molecular weight is 371 g/mol. The Labute approximate surface area is 154 Å². The minimum atomic E-state index is -1.64. The Balaban J connectivity index is 1.69. The fraction of sp³-hybridized carbons (Fsp3) is 0.100. The Kier molecular flexibility index (Phi) is 5.40. The predicted octanol–water partition coefficient (Wildman–Crippen LogP) is 4.39. The Morgan fingerprint density at radius 3 is 2.41 bits per heavy atom. The summed E-state index contributed by atoms with van der Waals surface area (Å²) < 4.78 is 39.9. The van der Waals surface area contributed by atoms with Crippen LogP contribution in [0.2, 0.25) is 0 Å². The van der Waals surface area contributed by atoms with Crippen LogP contribution in [-0.4, -0.2) is 17.9 Å². The van der Waals surface area contributed by atoms with Gasteiger partial charge in [0, 0.05) is 19.8 Å². The van der Waals surface area contributed by atoms with Crippen molar-refractivity contribution in [3.05, 3.63) is 89.4 Å². The highest BCUT2D eigenvalue weighted by molar-refractivity contribution is 6.04. The Hall–Kier alpha value is -3.35. The van der Waals surface area contributed by atoms with E-state index in [1.165, 1.54) is 12.3 Å². The van der Waals surface area contributed by atoms with Gasteiger partial charge >= 0.3 is 0 Å². The highest BCUT2D eigenvalue weighted by Gasteiger charge is 2.16. The topological polar surface area (TPSA) is 45.2 Å². The Morgan fingerprint density at radius 1 is 1.00 bits per heavy atom. The molecule has 1 aromatic heterocycles. The third-order valence-corrected chi connectivity index (χ3v) is 3.95. The van der Waals surface area contributed by atoms with E-state index in [2.05, 4.69) is 10.3 Å². The van der Waals surface area contributed by atoms with E-state index in [9.17, 15) is 18.0 Å². The first-order chi connectivity index (χ1) is 13.0. The zero-order valence-electron chi connectivity index (χ0n) is 14.4. The van der Waals surface area contributed by atoms with Crippen LogP contribution in [0.15, 0.2) is 60.8 Å². The fourth-order valence-corrected chi connectivity index (χ4v) is 2.50. The van der Waals surface area contributed by atoms with Gasteiger partial charge in [-0.05, 0) is 29.8 Å². The maximum absolute atomic E-state index is 13.7. The molecule has 1 heterocycles. The largest absolute Gasteiger partial charge is 0.355 e. The lowest BCUT2D eigenvalue weighted by Crippen LogP contribution is -2.18. The summed E-state index contributed by atoms with van der Waals surface area (Å²) in [7, 11) is 1.87. The van der Waals surface area contributed by atoms with Gasteiger partial charge in [0.25, 0.3) is 5.91 Å². The monoisotopic (exact) mass is 371 g/mol. The SMILES string of the molecule is CN(Cc1ccccc1)c1ccc(C(=O)Nc2ccc(F)c(F)c2F)cn1. The van der Waals surface area contributed by atoms with E-state index >= 15 is 0 Å². The Bertz CT molecular complexity index is 947. The number of nitrogens with zero attached hydrogens (tertiary/aromatic N) is 2. The number of aromatic nitrogens is 1. The number of amides is 1. The maximum Gasteiger partial charge on any atom is 0.257 e. The van der Waals surface area contributed by atoms with Gasteiger partial charge in [0.1, 0.15) is 5.82 Å². The standard InChI is InChI=1S/C20H16F3N3O/c1-26(12-13-5-3-2-4-6-13)17-10-7-14(11-24-17)20(27)25-16-9-8-15(21)18(22)19(16)23/h2-11H,12H2,1H3,(H,25,27). The summed E-state index contributed by atoms with van der Waals surface area (Å²) in [5.74, 6) is -4.43. The summed E-state index contributed by atoms with van der Waals surface area (Å²) in [6, 6.07) is 14.7. The first-order valence-electron chi connectivity index (χ1n) is 8.11.